The van der Waals surface area contributed by atoms with Crippen LogP contribution in [0.5, 0.6) is 0 Å². The third-order valence-electron chi connectivity index (χ3n) is 9.84. The normalized spacial score (nSPS) is 24.4. The summed E-state index contributed by atoms with van der Waals surface area (Å²) >= 11 is 0. The number of fused-ring (bicyclic) bond motifs is 1. The molecular weight excluding hydrogens is 602 g/mol. The monoisotopic (exact) mass is 659 g/mol. The Hall–Kier alpha value is -3.01. The van der Waals surface area contributed by atoms with Crippen LogP contribution in [-0.2, 0) is 36.9 Å². The lowest BCUT2D eigenvalue weighted by Crippen LogP contribution is -2.66. The van der Waals surface area contributed by atoms with E-state index >= 15 is 0 Å². The molecule has 12 nitrogen and oxygen atoms in total. The number of methoxy groups -OCH3 is 1. The molecule has 3 N–H and O–H groups in total. The van der Waals surface area contributed by atoms with Crippen molar-refractivity contribution < 1.29 is 34.1 Å². The Morgan fingerprint density at radius 1 is 1.15 bits per heavy atom. The van der Waals surface area contributed by atoms with E-state index in [9.17, 15) is 24.6 Å². The minimum atomic E-state index is -2.03. The lowest BCUT2D eigenvalue weighted by molar-refractivity contribution is -0.165. The van der Waals surface area contributed by atoms with E-state index in [0.717, 1.165) is 25.7 Å². The van der Waals surface area contributed by atoms with Crippen LogP contribution in [0.25, 0.3) is 0 Å². The molecule has 12 heteroatoms. The molecule has 0 bridgehead atoms. The number of carbonyl (C=O) groups is 3. The van der Waals surface area contributed by atoms with E-state index in [2.05, 4.69) is 34.4 Å². The van der Waals surface area contributed by atoms with Crippen molar-refractivity contribution in [2.75, 3.05) is 13.7 Å². The molecule has 0 radical (unpaired) electrons. The van der Waals surface area contributed by atoms with Crippen LogP contribution in [0.15, 0.2) is 6.20 Å². The summed E-state index contributed by atoms with van der Waals surface area (Å²) in [6, 6.07) is 0. The Morgan fingerprint density at radius 2 is 1.83 bits per heavy atom. The Balaban J connectivity index is 1.55. The van der Waals surface area contributed by atoms with Crippen LogP contribution < -0.4 is 5.32 Å². The van der Waals surface area contributed by atoms with Crippen LogP contribution in [0.4, 0.5) is 0 Å². The SMILES string of the molecule is CCCCCCCC(O)C(C)(C)C(=O)NCc1cn(CCCCC#C[C@]2(O)C(C)(C)C(=O)N3[C@@H](C(C)(C)C)OC[C@@]32C(=O)OC)nn1. The predicted molar refractivity (Wildman–Crippen MR) is 176 cm³/mol. The number of carbonyl (C=O) groups excluding carboxylic acids is 3. The number of aliphatic hydroxyl groups is 2. The van der Waals surface area contributed by atoms with Crippen molar-refractivity contribution in [2.45, 2.75) is 150 Å². The number of aromatic nitrogens is 3. The summed E-state index contributed by atoms with van der Waals surface area (Å²) in [5.41, 5.74) is -6.00. The van der Waals surface area contributed by atoms with Crippen molar-refractivity contribution in [3.63, 3.8) is 0 Å². The van der Waals surface area contributed by atoms with Crippen molar-refractivity contribution in [1.82, 2.24) is 25.2 Å². The Morgan fingerprint density at radius 3 is 2.47 bits per heavy atom. The number of ether oxygens (including phenoxy) is 2. The number of nitrogens with zero attached hydrogens (tertiary/aromatic N) is 4. The molecule has 0 spiro atoms. The summed E-state index contributed by atoms with van der Waals surface area (Å²) in [6.07, 6.45) is 8.18. The van der Waals surface area contributed by atoms with Crippen molar-refractivity contribution in [3.05, 3.63) is 11.9 Å². The van der Waals surface area contributed by atoms with Gasteiger partial charge in [0.15, 0.2) is 5.60 Å². The van der Waals surface area contributed by atoms with Crippen LogP contribution >= 0.6 is 0 Å². The Bertz CT molecular complexity index is 1320. The molecule has 47 heavy (non-hydrogen) atoms. The van der Waals surface area contributed by atoms with Gasteiger partial charge in [-0.2, -0.15) is 0 Å². The summed E-state index contributed by atoms with van der Waals surface area (Å²) in [7, 11) is 1.23. The van der Waals surface area contributed by atoms with Crippen molar-refractivity contribution in [1.29, 1.82) is 0 Å². The number of amides is 2. The van der Waals surface area contributed by atoms with E-state index < -0.39 is 51.6 Å². The zero-order chi connectivity index (χ0) is 35.3. The fourth-order valence-corrected chi connectivity index (χ4v) is 6.50. The van der Waals surface area contributed by atoms with Crippen LogP contribution in [-0.4, -0.2) is 85.1 Å². The molecule has 2 aliphatic rings. The van der Waals surface area contributed by atoms with Gasteiger partial charge in [-0.05, 0) is 47.0 Å². The van der Waals surface area contributed by atoms with Gasteiger partial charge >= 0.3 is 5.97 Å². The third kappa shape index (κ3) is 7.52. The number of unbranched alkanes of at least 4 members (excludes halogenated alkanes) is 6. The standard InChI is InChI=1S/C35H57N5O7/c1-10-11-12-13-16-19-26(41)32(5,6)27(42)36-22-25-23-39(38-37-25)21-18-15-14-17-20-35(45)33(7,8)28(43)40-29(31(2,3)4)47-24-34(35,40)30(44)46-9/h23,26,29,41,45H,10-16,18-19,21-22,24H2,1-9H3,(H,36,42)/t26?,29-,34+,35+/m1/s1. The lowest BCUT2D eigenvalue weighted by Gasteiger charge is -2.40. The summed E-state index contributed by atoms with van der Waals surface area (Å²) in [4.78, 5) is 41.2. The van der Waals surface area contributed by atoms with Gasteiger partial charge in [0.05, 0.1) is 43.4 Å². The molecule has 1 unspecified atom stereocenters. The number of aliphatic hydroxyl groups excluding tert-OH is 1. The second-order valence-corrected chi connectivity index (χ2v) is 15.2. The van der Waals surface area contributed by atoms with Gasteiger partial charge in [0.1, 0.15) is 11.9 Å². The van der Waals surface area contributed by atoms with E-state index in [1.165, 1.54) is 18.4 Å². The Labute approximate surface area is 280 Å². The average Bonchev–Trinajstić information content (AvgIpc) is 3.68. The van der Waals surface area contributed by atoms with Crippen LogP contribution in [0.1, 0.15) is 119 Å². The molecule has 264 valence electrons. The van der Waals surface area contributed by atoms with Crippen LogP contribution in [0.2, 0.25) is 0 Å². The van der Waals surface area contributed by atoms with Crippen molar-refractivity contribution >= 4 is 17.8 Å². The highest BCUT2D eigenvalue weighted by Crippen LogP contribution is 2.56. The minimum Gasteiger partial charge on any atom is -0.467 e. The fraction of sp³-hybridized carbons (Fsp3) is 0.800. The number of nitrogens with one attached hydrogen (secondary N) is 1. The highest BCUT2D eigenvalue weighted by molar-refractivity contribution is 6.00. The predicted octanol–water partition coefficient (Wildman–Crippen LogP) is 3.73. The van der Waals surface area contributed by atoms with Gasteiger partial charge in [0, 0.05) is 18.4 Å². The summed E-state index contributed by atoms with van der Waals surface area (Å²) in [6.45, 7) is 15.2. The maximum atomic E-state index is 13.7. The zero-order valence-corrected chi connectivity index (χ0v) is 29.9. The fourth-order valence-electron chi connectivity index (χ4n) is 6.50. The van der Waals surface area contributed by atoms with E-state index in [1.807, 2.05) is 20.8 Å². The molecule has 0 aromatic carbocycles. The molecule has 2 amide bonds. The lowest BCUT2D eigenvalue weighted by atomic mass is 9.68. The third-order valence-corrected chi connectivity index (χ3v) is 9.84. The Kier molecular flexibility index (Phi) is 12.3. The van der Waals surface area contributed by atoms with Gasteiger partial charge in [-0.3, -0.25) is 19.2 Å². The van der Waals surface area contributed by atoms with Crippen LogP contribution in [0.3, 0.4) is 0 Å². The van der Waals surface area contributed by atoms with E-state index in [1.54, 1.807) is 38.6 Å². The van der Waals surface area contributed by atoms with Gasteiger partial charge in [0.25, 0.3) is 0 Å². The molecule has 0 saturated carbocycles. The molecule has 1 aromatic rings. The first-order valence-electron chi connectivity index (χ1n) is 17.0. The first-order chi connectivity index (χ1) is 21.9. The average molecular weight is 660 g/mol. The topological polar surface area (TPSA) is 156 Å². The summed E-state index contributed by atoms with van der Waals surface area (Å²) in [5, 5.41) is 33.9. The smallest absolute Gasteiger partial charge is 0.338 e. The van der Waals surface area contributed by atoms with E-state index in [-0.39, 0.29) is 19.1 Å². The second kappa shape index (κ2) is 15.0. The number of rotatable bonds is 15. The largest absolute Gasteiger partial charge is 0.467 e. The maximum absolute atomic E-state index is 13.7. The van der Waals surface area contributed by atoms with Gasteiger partial charge in [-0.1, -0.05) is 70.9 Å². The van der Waals surface area contributed by atoms with Gasteiger partial charge < -0.3 is 25.0 Å². The molecule has 4 atom stereocenters. The first kappa shape index (κ1) is 38.4. The first-order valence-corrected chi connectivity index (χ1v) is 17.0. The van der Waals surface area contributed by atoms with Crippen LogP contribution in [0, 0.1) is 28.1 Å². The van der Waals surface area contributed by atoms with E-state index in [4.69, 9.17) is 9.47 Å². The maximum Gasteiger partial charge on any atom is 0.338 e. The minimum absolute atomic E-state index is 0.211. The second-order valence-electron chi connectivity index (χ2n) is 15.2. The number of hydrogen-bond acceptors (Lipinski definition) is 9. The molecule has 2 fully saturated rings. The molecular formula is C35H57N5O7. The van der Waals surface area contributed by atoms with Crippen molar-refractivity contribution in [2.24, 2.45) is 16.2 Å². The molecule has 1 aromatic heterocycles. The zero-order valence-electron chi connectivity index (χ0n) is 29.9. The number of aryl methyl sites for hydroxylation is 1. The molecule has 3 heterocycles. The summed E-state index contributed by atoms with van der Waals surface area (Å²) < 4.78 is 12.8. The highest BCUT2D eigenvalue weighted by Gasteiger charge is 2.80. The van der Waals surface area contributed by atoms with Gasteiger partial charge in [-0.15, -0.1) is 11.0 Å². The molecule has 0 aliphatic carbocycles. The molecule has 2 aliphatic heterocycles. The number of hydrogen-bond donors (Lipinski definition) is 3. The highest BCUT2D eigenvalue weighted by atomic mass is 16.6. The number of esters is 1. The van der Waals surface area contributed by atoms with E-state index in [0.29, 0.717) is 37.9 Å². The quantitative estimate of drug-likeness (QED) is 0.145. The van der Waals surface area contributed by atoms with Gasteiger partial charge in [0.2, 0.25) is 17.4 Å². The van der Waals surface area contributed by atoms with Crippen molar-refractivity contribution in [3.8, 4) is 11.8 Å². The molecule has 2 saturated heterocycles. The summed E-state index contributed by atoms with van der Waals surface area (Å²) in [5.74, 6) is 4.55. The van der Waals surface area contributed by atoms with Gasteiger partial charge in [-0.25, -0.2) is 4.79 Å². The molecule has 3 rings (SSSR count).